The molecule has 0 aliphatic carbocycles. The molecule has 0 saturated carbocycles. The average molecular weight is 793 g/mol. The Morgan fingerprint density at radius 3 is 1.15 bits per heavy atom. The highest BCUT2D eigenvalue weighted by molar-refractivity contribution is 7.32. The molecule has 0 bridgehead atoms. The first-order valence-electron chi connectivity index (χ1n) is 21.4. The molecule has 0 N–H and O–H groups in total. The minimum atomic E-state index is 1.06. The van der Waals surface area contributed by atoms with Gasteiger partial charge in [-0.1, -0.05) is 142 Å². The van der Waals surface area contributed by atoms with Crippen molar-refractivity contribution in [1.29, 1.82) is 0 Å². The summed E-state index contributed by atoms with van der Waals surface area (Å²) < 4.78 is 2.70. The van der Waals surface area contributed by atoms with Gasteiger partial charge < -0.3 is 0 Å². The van der Waals surface area contributed by atoms with Crippen molar-refractivity contribution >= 4 is 87.6 Å². The Kier molecular flexibility index (Phi) is 15.0. The molecule has 7 rings (SSSR count). The molecule has 0 unspecified atom stereocenters. The van der Waals surface area contributed by atoms with Gasteiger partial charge in [-0.05, 0) is 84.0 Å². The molecule has 0 amide bonds. The molecule has 5 aromatic heterocycles. The molecule has 286 valence electrons. The van der Waals surface area contributed by atoms with Crippen LogP contribution in [0.5, 0.6) is 0 Å². The van der Waals surface area contributed by atoms with Crippen molar-refractivity contribution in [3.63, 3.8) is 0 Å². The highest BCUT2D eigenvalue weighted by Crippen LogP contribution is 2.48. The van der Waals surface area contributed by atoms with Crippen LogP contribution in [-0.2, 0) is 12.8 Å². The number of aryl methyl sites for hydroxylation is 2. The Morgan fingerprint density at radius 1 is 0.426 bits per heavy atom. The first-order chi connectivity index (χ1) is 26.7. The number of rotatable bonds is 24. The molecular weight excluding hydrogens is 733 g/mol. The van der Waals surface area contributed by atoms with Gasteiger partial charge in [0.15, 0.2) is 0 Å². The van der Waals surface area contributed by atoms with E-state index in [9.17, 15) is 0 Å². The summed E-state index contributed by atoms with van der Waals surface area (Å²) in [4.78, 5) is 16.4. The van der Waals surface area contributed by atoms with Crippen molar-refractivity contribution in [3.8, 4) is 19.5 Å². The monoisotopic (exact) mass is 792 g/mol. The molecule has 5 heterocycles. The molecule has 0 atom stereocenters. The molecule has 0 spiro atoms. The number of aromatic nitrogens is 2. The maximum absolute atomic E-state index is 5.54. The molecule has 54 heavy (non-hydrogen) atoms. The number of benzene rings is 2. The van der Waals surface area contributed by atoms with Gasteiger partial charge in [-0.3, -0.25) is 0 Å². The Morgan fingerprint density at radius 2 is 0.796 bits per heavy atom. The fraction of sp³-hybridized carbons (Fsp3) is 0.500. The second kappa shape index (κ2) is 20.5. The fourth-order valence-electron chi connectivity index (χ4n) is 8.19. The summed E-state index contributed by atoms with van der Waals surface area (Å²) in [5.41, 5.74) is 7.29. The number of fused-ring (bicyclic) bond motifs is 7. The lowest BCUT2D eigenvalue weighted by atomic mass is 9.95. The lowest BCUT2D eigenvalue weighted by Crippen LogP contribution is -1.99. The molecular formula is C48H60N2S4. The van der Waals surface area contributed by atoms with Crippen molar-refractivity contribution in [2.24, 2.45) is 0 Å². The largest absolute Gasteiger partial charge is 0.244 e. The predicted molar refractivity (Wildman–Crippen MR) is 246 cm³/mol. The van der Waals surface area contributed by atoms with E-state index in [-0.39, 0.29) is 0 Å². The van der Waals surface area contributed by atoms with Crippen LogP contribution in [0.25, 0.3) is 61.7 Å². The van der Waals surface area contributed by atoms with Gasteiger partial charge in [0.2, 0.25) is 0 Å². The Labute approximate surface area is 340 Å². The van der Waals surface area contributed by atoms with Gasteiger partial charge in [0.25, 0.3) is 0 Å². The van der Waals surface area contributed by atoms with Crippen LogP contribution in [0.3, 0.4) is 0 Å². The van der Waals surface area contributed by atoms with Crippen LogP contribution in [0.4, 0.5) is 0 Å². The molecule has 6 heteroatoms. The van der Waals surface area contributed by atoms with Gasteiger partial charge in [-0.15, -0.1) is 45.3 Å². The van der Waals surface area contributed by atoms with Gasteiger partial charge in [-0.2, -0.15) is 0 Å². The molecule has 0 saturated heterocycles. The third-order valence-corrected chi connectivity index (χ3v) is 15.9. The number of unbranched alkanes of at least 4 members (excludes halogenated alkanes) is 18. The third kappa shape index (κ3) is 10.0. The van der Waals surface area contributed by atoms with Crippen molar-refractivity contribution in [2.75, 3.05) is 0 Å². The number of hydrogen-bond acceptors (Lipinski definition) is 6. The zero-order valence-corrected chi connectivity index (χ0v) is 36.1. The van der Waals surface area contributed by atoms with Crippen molar-refractivity contribution in [2.45, 2.75) is 155 Å². The van der Waals surface area contributed by atoms with E-state index in [2.05, 4.69) is 73.1 Å². The van der Waals surface area contributed by atoms with Crippen LogP contribution < -0.4 is 0 Å². The summed E-state index contributed by atoms with van der Waals surface area (Å²) in [6.07, 6.45) is 29.8. The summed E-state index contributed by atoms with van der Waals surface area (Å²) >= 11 is 7.49. The van der Waals surface area contributed by atoms with E-state index in [4.69, 9.17) is 9.97 Å². The van der Waals surface area contributed by atoms with Crippen molar-refractivity contribution in [1.82, 2.24) is 9.97 Å². The van der Waals surface area contributed by atoms with Gasteiger partial charge in [0.1, 0.15) is 0 Å². The minimum Gasteiger partial charge on any atom is -0.244 e. The molecule has 0 aliphatic rings. The Bertz CT molecular complexity index is 2010. The highest BCUT2D eigenvalue weighted by Gasteiger charge is 2.20. The topological polar surface area (TPSA) is 25.8 Å². The average Bonchev–Trinajstić information content (AvgIpc) is 4.02. The fourth-order valence-corrected chi connectivity index (χ4v) is 12.3. The highest BCUT2D eigenvalue weighted by atomic mass is 32.1. The molecule has 2 nitrogen and oxygen atoms in total. The van der Waals surface area contributed by atoms with E-state index in [1.807, 2.05) is 45.3 Å². The second-order valence-electron chi connectivity index (χ2n) is 15.6. The quantitative estimate of drug-likeness (QED) is 0.0450. The summed E-state index contributed by atoms with van der Waals surface area (Å²) in [6.45, 7) is 4.61. The lowest BCUT2D eigenvalue weighted by molar-refractivity contribution is 0.553. The van der Waals surface area contributed by atoms with Gasteiger partial charge in [-0.25, -0.2) is 9.97 Å². The number of hydrogen-bond donors (Lipinski definition) is 0. The van der Waals surface area contributed by atoms with Crippen LogP contribution >= 0.6 is 45.3 Å². The van der Waals surface area contributed by atoms with E-state index in [0.29, 0.717) is 0 Å². The van der Waals surface area contributed by atoms with Crippen molar-refractivity contribution < 1.29 is 0 Å². The lowest BCUT2D eigenvalue weighted by Gasteiger charge is -2.13. The van der Waals surface area contributed by atoms with Crippen LogP contribution in [0.1, 0.15) is 153 Å². The zero-order chi connectivity index (χ0) is 37.0. The summed E-state index contributed by atoms with van der Waals surface area (Å²) in [7, 11) is 0. The normalized spacial score (nSPS) is 12.0. The summed E-state index contributed by atoms with van der Waals surface area (Å²) in [5.74, 6) is 0. The second-order valence-corrected chi connectivity index (χ2v) is 19.6. The molecule has 7 aromatic rings. The van der Waals surface area contributed by atoms with E-state index < -0.39 is 0 Å². The first kappa shape index (κ1) is 39.6. The SMILES string of the molecule is CCCCCCCCCCCCc1cc2nc3c4cc(-c5cccs5)sc4c4sc(-c5cccs5)cc4c3nc2cc1CCCCCCCCCCCC. The van der Waals surface area contributed by atoms with Gasteiger partial charge in [0.05, 0.1) is 31.5 Å². The van der Waals surface area contributed by atoms with Crippen LogP contribution in [0.15, 0.2) is 59.3 Å². The van der Waals surface area contributed by atoms with Crippen molar-refractivity contribution in [3.05, 3.63) is 70.4 Å². The minimum absolute atomic E-state index is 1.06. The van der Waals surface area contributed by atoms with E-state index in [1.54, 1.807) is 0 Å². The van der Waals surface area contributed by atoms with Crippen LogP contribution in [0, 0.1) is 0 Å². The molecule has 2 aromatic carbocycles. The predicted octanol–water partition coefficient (Wildman–Crippen LogP) is 17.6. The maximum Gasteiger partial charge on any atom is 0.0988 e. The van der Waals surface area contributed by atoms with Gasteiger partial charge in [0, 0.05) is 30.3 Å². The molecule has 0 radical (unpaired) electrons. The van der Waals surface area contributed by atoms with E-state index in [1.165, 1.54) is 179 Å². The van der Waals surface area contributed by atoms with E-state index >= 15 is 0 Å². The summed E-state index contributed by atoms with van der Waals surface area (Å²) in [5, 5.41) is 6.88. The number of nitrogens with zero attached hydrogens (tertiary/aromatic N) is 2. The number of thiophene rings is 4. The maximum atomic E-state index is 5.54. The first-order valence-corrected chi connectivity index (χ1v) is 24.8. The Balaban J connectivity index is 1.15. The van der Waals surface area contributed by atoms with Gasteiger partial charge >= 0.3 is 0 Å². The zero-order valence-electron chi connectivity index (χ0n) is 32.9. The van der Waals surface area contributed by atoms with E-state index in [0.717, 1.165) is 34.9 Å². The van der Waals surface area contributed by atoms with Crippen LogP contribution in [-0.4, -0.2) is 9.97 Å². The smallest absolute Gasteiger partial charge is 0.0988 e. The third-order valence-electron chi connectivity index (χ3n) is 11.3. The summed E-state index contributed by atoms with van der Waals surface area (Å²) in [6, 6.07) is 18.5. The molecule has 0 aliphatic heterocycles. The Hall–Kier alpha value is -2.64. The standard InChI is InChI=1S/C48H60N2S4/c1-3-5-7-9-11-13-15-17-19-21-25-35-31-39-40(32-36(35)26-22-20-18-16-14-12-10-8-6-4-2)50-46-38-34-44(42-28-24-30-52-42)54-48(38)47-37(45(46)49-39)33-43(53-47)41-27-23-29-51-41/h23-24,27-34H,3-22,25-26H2,1-2H3. The van der Waals surface area contributed by atoms with Crippen LogP contribution in [0.2, 0.25) is 0 Å². The molecule has 0 fully saturated rings.